The molecule has 19 heavy (non-hydrogen) atoms. The van der Waals surface area contributed by atoms with E-state index in [1.807, 2.05) is 26.0 Å². The number of esters is 1. The fraction of sp³-hybridized carbons (Fsp3) is 0.385. The molecule has 0 bridgehead atoms. The Kier molecular flexibility index (Phi) is 6.24. The van der Waals surface area contributed by atoms with Crippen molar-refractivity contribution in [2.24, 2.45) is 0 Å². The van der Waals surface area contributed by atoms with Gasteiger partial charge >= 0.3 is 5.97 Å². The second kappa shape index (κ2) is 7.45. The van der Waals surface area contributed by atoms with Crippen LogP contribution in [0.2, 0.25) is 0 Å². The molecule has 0 aromatic carbocycles. The van der Waals surface area contributed by atoms with Gasteiger partial charge in [-0.25, -0.2) is 0 Å². The lowest BCUT2D eigenvalue weighted by Gasteiger charge is -2.23. The number of thiophene rings is 1. The van der Waals surface area contributed by atoms with Gasteiger partial charge in [-0.15, -0.1) is 11.3 Å². The van der Waals surface area contributed by atoms with Crippen molar-refractivity contribution >= 4 is 45.2 Å². The van der Waals surface area contributed by atoms with Crippen LogP contribution in [0.3, 0.4) is 0 Å². The average molecular weight is 346 g/mol. The van der Waals surface area contributed by atoms with Crippen LogP contribution in [0.1, 0.15) is 18.7 Å². The SMILES string of the molecule is COC(=O)CN(C(=O)C=Cc1ccc(Br)s1)C(C)C. The Morgan fingerprint density at radius 1 is 1.47 bits per heavy atom. The zero-order valence-corrected chi connectivity index (χ0v) is 13.5. The Bertz CT molecular complexity index is 482. The van der Waals surface area contributed by atoms with Crippen molar-refractivity contribution < 1.29 is 14.3 Å². The van der Waals surface area contributed by atoms with Gasteiger partial charge in [-0.3, -0.25) is 9.59 Å². The van der Waals surface area contributed by atoms with E-state index in [1.165, 1.54) is 29.4 Å². The fourth-order valence-corrected chi connectivity index (χ4v) is 2.71. The molecule has 0 aliphatic rings. The van der Waals surface area contributed by atoms with E-state index in [0.717, 1.165) is 8.66 Å². The van der Waals surface area contributed by atoms with Gasteiger partial charge < -0.3 is 9.64 Å². The number of amides is 1. The number of ether oxygens (including phenoxy) is 1. The van der Waals surface area contributed by atoms with Gasteiger partial charge in [0.05, 0.1) is 10.9 Å². The molecule has 0 spiro atoms. The number of hydrogen-bond donors (Lipinski definition) is 0. The number of carbonyl (C=O) groups excluding carboxylic acids is 2. The molecule has 104 valence electrons. The van der Waals surface area contributed by atoms with Crippen LogP contribution in [0, 0.1) is 0 Å². The lowest BCUT2D eigenvalue weighted by atomic mass is 10.3. The Morgan fingerprint density at radius 2 is 2.16 bits per heavy atom. The summed E-state index contributed by atoms with van der Waals surface area (Å²) in [6.45, 7) is 3.68. The molecular formula is C13H16BrNO3S. The van der Waals surface area contributed by atoms with Gasteiger partial charge in [-0.2, -0.15) is 0 Å². The first-order valence-corrected chi connectivity index (χ1v) is 7.36. The maximum absolute atomic E-state index is 12.0. The van der Waals surface area contributed by atoms with Gasteiger partial charge in [0.25, 0.3) is 0 Å². The summed E-state index contributed by atoms with van der Waals surface area (Å²) in [6.07, 6.45) is 3.21. The van der Waals surface area contributed by atoms with E-state index in [0.29, 0.717) is 0 Å². The van der Waals surface area contributed by atoms with E-state index < -0.39 is 5.97 Å². The molecule has 0 aliphatic carbocycles. The lowest BCUT2D eigenvalue weighted by molar-refractivity contribution is -0.146. The Hall–Kier alpha value is -1.14. The van der Waals surface area contributed by atoms with Crippen molar-refractivity contribution in [2.45, 2.75) is 19.9 Å². The highest BCUT2D eigenvalue weighted by atomic mass is 79.9. The molecule has 1 heterocycles. The Labute approximate surface area is 125 Å². The largest absolute Gasteiger partial charge is 0.468 e. The Balaban J connectivity index is 2.72. The first-order chi connectivity index (χ1) is 8.93. The Morgan fingerprint density at radius 3 is 2.63 bits per heavy atom. The van der Waals surface area contributed by atoms with Gasteiger partial charge in [-0.1, -0.05) is 0 Å². The zero-order valence-electron chi connectivity index (χ0n) is 11.1. The molecule has 0 fully saturated rings. The van der Waals surface area contributed by atoms with Crippen LogP contribution in [-0.2, 0) is 14.3 Å². The second-order valence-corrected chi connectivity index (χ2v) is 6.61. The number of rotatable bonds is 5. The molecule has 0 unspecified atom stereocenters. The number of hydrogen-bond acceptors (Lipinski definition) is 4. The molecule has 0 saturated carbocycles. The molecule has 1 aromatic rings. The lowest BCUT2D eigenvalue weighted by Crippen LogP contribution is -2.40. The minimum Gasteiger partial charge on any atom is -0.468 e. The molecule has 0 N–H and O–H groups in total. The maximum Gasteiger partial charge on any atom is 0.325 e. The topological polar surface area (TPSA) is 46.6 Å². The van der Waals surface area contributed by atoms with Gasteiger partial charge in [0.2, 0.25) is 5.91 Å². The van der Waals surface area contributed by atoms with Crippen LogP contribution >= 0.6 is 27.3 Å². The first-order valence-electron chi connectivity index (χ1n) is 5.75. The number of methoxy groups -OCH3 is 1. The standard InChI is InChI=1S/C13H16BrNO3S/c1-9(2)15(8-13(17)18-3)12(16)7-5-10-4-6-11(14)19-10/h4-7,9H,8H2,1-3H3. The van der Waals surface area contributed by atoms with Crippen LogP contribution in [-0.4, -0.2) is 36.5 Å². The van der Waals surface area contributed by atoms with Crippen molar-refractivity contribution in [3.05, 3.63) is 26.9 Å². The third-order valence-electron chi connectivity index (χ3n) is 2.42. The summed E-state index contributed by atoms with van der Waals surface area (Å²) in [5, 5.41) is 0. The zero-order chi connectivity index (χ0) is 14.4. The van der Waals surface area contributed by atoms with Crippen LogP contribution in [0.4, 0.5) is 0 Å². The van der Waals surface area contributed by atoms with E-state index in [9.17, 15) is 9.59 Å². The van der Waals surface area contributed by atoms with E-state index >= 15 is 0 Å². The van der Waals surface area contributed by atoms with E-state index in [1.54, 1.807) is 6.08 Å². The monoisotopic (exact) mass is 345 g/mol. The highest BCUT2D eigenvalue weighted by molar-refractivity contribution is 9.11. The van der Waals surface area contributed by atoms with E-state index in [-0.39, 0.29) is 18.5 Å². The number of halogens is 1. The quantitative estimate of drug-likeness (QED) is 0.608. The predicted molar refractivity (Wildman–Crippen MR) is 79.9 cm³/mol. The summed E-state index contributed by atoms with van der Waals surface area (Å²) >= 11 is 4.90. The smallest absolute Gasteiger partial charge is 0.325 e. The minimum absolute atomic E-state index is 0.0362. The minimum atomic E-state index is -0.422. The summed E-state index contributed by atoms with van der Waals surface area (Å²) in [6, 6.07) is 3.77. The van der Waals surface area contributed by atoms with Crippen molar-refractivity contribution in [1.29, 1.82) is 0 Å². The maximum atomic E-state index is 12.0. The van der Waals surface area contributed by atoms with Crippen LogP contribution in [0.25, 0.3) is 6.08 Å². The highest BCUT2D eigenvalue weighted by Crippen LogP contribution is 2.23. The second-order valence-electron chi connectivity index (χ2n) is 4.11. The first kappa shape index (κ1) is 15.9. The normalized spacial score (nSPS) is 11.0. The fourth-order valence-electron chi connectivity index (χ4n) is 1.39. The van der Waals surface area contributed by atoms with Gasteiger partial charge in [0, 0.05) is 17.0 Å². The summed E-state index contributed by atoms with van der Waals surface area (Å²) in [5.74, 6) is -0.626. The molecule has 1 rings (SSSR count). The molecule has 6 heteroatoms. The highest BCUT2D eigenvalue weighted by Gasteiger charge is 2.18. The third-order valence-corrected chi connectivity index (χ3v) is 4.01. The summed E-state index contributed by atoms with van der Waals surface area (Å²) in [5.41, 5.74) is 0. The summed E-state index contributed by atoms with van der Waals surface area (Å²) < 4.78 is 5.60. The van der Waals surface area contributed by atoms with Crippen LogP contribution < -0.4 is 0 Å². The van der Waals surface area contributed by atoms with Crippen molar-refractivity contribution in [2.75, 3.05) is 13.7 Å². The molecular weight excluding hydrogens is 330 g/mol. The molecule has 4 nitrogen and oxygen atoms in total. The van der Waals surface area contributed by atoms with Crippen LogP contribution in [0.15, 0.2) is 22.0 Å². The van der Waals surface area contributed by atoms with Crippen molar-refractivity contribution in [1.82, 2.24) is 4.90 Å². The van der Waals surface area contributed by atoms with Crippen molar-refractivity contribution in [3.8, 4) is 0 Å². The number of nitrogens with zero attached hydrogens (tertiary/aromatic N) is 1. The molecule has 0 aliphatic heterocycles. The van der Waals surface area contributed by atoms with Gasteiger partial charge in [0.1, 0.15) is 6.54 Å². The van der Waals surface area contributed by atoms with E-state index in [2.05, 4.69) is 20.7 Å². The summed E-state index contributed by atoms with van der Waals surface area (Å²) in [7, 11) is 1.31. The molecule has 0 saturated heterocycles. The van der Waals surface area contributed by atoms with Gasteiger partial charge in [-0.05, 0) is 48.0 Å². The van der Waals surface area contributed by atoms with Crippen molar-refractivity contribution in [3.63, 3.8) is 0 Å². The molecule has 1 amide bonds. The average Bonchev–Trinajstić information content (AvgIpc) is 2.78. The van der Waals surface area contributed by atoms with Crippen LogP contribution in [0.5, 0.6) is 0 Å². The van der Waals surface area contributed by atoms with Gasteiger partial charge in [0.15, 0.2) is 0 Å². The molecule has 0 radical (unpaired) electrons. The predicted octanol–water partition coefficient (Wildman–Crippen LogP) is 2.93. The summed E-state index contributed by atoms with van der Waals surface area (Å²) in [4.78, 5) is 25.7. The molecule has 0 atom stereocenters. The third kappa shape index (κ3) is 5.16. The van der Waals surface area contributed by atoms with E-state index in [4.69, 9.17) is 0 Å². The molecule has 1 aromatic heterocycles. The number of carbonyl (C=O) groups is 2.